The number of hydrogen-bond acceptors (Lipinski definition) is 5. The van der Waals surface area contributed by atoms with Gasteiger partial charge in [0.2, 0.25) is 0 Å². The van der Waals surface area contributed by atoms with E-state index in [1.807, 2.05) is 0 Å². The van der Waals surface area contributed by atoms with Crippen LogP contribution in [0.4, 0.5) is 0 Å². The van der Waals surface area contributed by atoms with Crippen molar-refractivity contribution < 1.29 is 14.6 Å². The third-order valence-corrected chi connectivity index (χ3v) is 4.94. The molecule has 1 aromatic heterocycles. The Labute approximate surface area is 121 Å². The quantitative estimate of drug-likeness (QED) is 0.810. The van der Waals surface area contributed by atoms with Gasteiger partial charge in [-0.1, -0.05) is 11.8 Å². The number of aliphatic carboxylic acids is 1. The SMILES string of the molecule is COC1CCCC1n1c(SCC(=O)O)nnc1C1CC1. The third kappa shape index (κ3) is 2.69. The average Bonchev–Trinajstić information content (AvgIpc) is 3.03. The second kappa shape index (κ2) is 5.73. The molecule has 0 saturated heterocycles. The normalized spacial score (nSPS) is 26.1. The van der Waals surface area contributed by atoms with Crippen molar-refractivity contribution in [3.05, 3.63) is 5.82 Å². The van der Waals surface area contributed by atoms with Crippen LogP contribution in [-0.2, 0) is 9.53 Å². The van der Waals surface area contributed by atoms with Crippen LogP contribution < -0.4 is 0 Å². The Balaban J connectivity index is 1.88. The van der Waals surface area contributed by atoms with Crippen LogP contribution in [-0.4, -0.2) is 44.8 Å². The first-order valence-electron chi connectivity index (χ1n) is 7.03. The number of rotatable bonds is 6. The number of ether oxygens (including phenoxy) is 1. The van der Waals surface area contributed by atoms with Crippen LogP contribution in [0.25, 0.3) is 0 Å². The lowest BCUT2D eigenvalue weighted by molar-refractivity contribution is -0.133. The van der Waals surface area contributed by atoms with Crippen molar-refractivity contribution in [2.45, 2.75) is 55.3 Å². The fourth-order valence-electron chi connectivity index (χ4n) is 2.92. The minimum atomic E-state index is -0.827. The predicted octanol–water partition coefficient (Wildman–Crippen LogP) is 2.07. The van der Waals surface area contributed by atoms with Gasteiger partial charge in [0.05, 0.1) is 17.9 Å². The van der Waals surface area contributed by atoms with E-state index < -0.39 is 5.97 Å². The number of hydrogen-bond donors (Lipinski definition) is 1. The molecule has 0 radical (unpaired) electrons. The van der Waals surface area contributed by atoms with Gasteiger partial charge in [-0.15, -0.1) is 10.2 Å². The molecule has 110 valence electrons. The largest absolute Gasteiger partial charge is 0.481 e. The molecule has 2 fully saturated rings. The summed E-state index contributed by atoms with van der Waals surface area (Å²) in [5, 5.41) is 18.1. The molecule has 1 N–H and O–H groups in total. The number of nitrogens with zero attached hydrogens (tertiary/aromatic N) is 3. The third-order valence-electron chi connectivity index (χ3n) is 4.01. The van der Waals surface area contributed by atoms with Gasteiger partial charge < -0.3 is 14.4 Å². The molecule has 6 nitrogen and oxygen atoms in total. The summed E-state index contributed by atoms with van der Waals surface area (Å²) in [6.07, 6.45) is 5.74. The molecule has 2 aliphatic rings. The highest BCUT2D eigenvalue weighted by Crippen LogP contribution is 2.44. The lowest BCUT2D eigenvalue weighted by Crippen LogP contribution is -2.23. The summed E-state index contributed by atoms with van der Waals surface area (Å²) in [5.41, 5.74) is 0. The molecule has 0 bridgehead atoms. The molecule has 20 heavy (non-hydrogen) atoms. The fourth-order valence-corrected chi connectivity index (χ4v) is 3.64. The summed E-state index contributed by atoms with van der Waals surface area (Å²) in [4.78, 5) is 10.8. The minimum Gasteiger partial charge on any atom is -0.481 e. The molecular formula is C13H19N3O3S. The van der Waals surface area contributed by atoms with E-state index in [0.29, 0.717) is 5.92 Å². The second-order valence-electron chi connectivity index (χ2n) is 5.44. The summed E-state index contributed by atoms with van der Waals surface area (Å²) < 4.78 is 7.74. The highest BCUT2D eigenvalue weighted by molar-refractivity contribution is 7.99. The Hall–Kier alpha value is -1.08. The molecule has 0 aliphatic heterocycles. The summed E-state index contributed by atoms with van der Waals surface area (Å²) >= 11 is 1.25. The maximum absolute atomic E-state index is 10.8. The van der Waals surface area contributed by atoms with Gasteiger partial charge in [0, 0.05) is 13.0 Å². The standard InChI is InChI=1S/C13H19N3O3S/c1-19-10-4-2-3-9(10)16-12(8-5-6-8)14-15-13(16)20-7-11(17)18/h8-10H,2-7H2,1H3,(H,17,18). The van der Waals surface area contributed by atoms with Gasteiger partial charge in [0.15, 0.2) is 5.16 Å². The second-order valence-corrected chi connectivity index (χ2v) is 6.38. The summed E-state index contributed by atoms with van der Waals surface area (Å²) in [5.74, 6) is 0.714. The molecule has 2 saturated carbocycles. The average molecular weight is 297 g/mol. The van der Waals surface area contributed by atoms with Crippen molar-refractivity contribution in [2.75, 3.05) is 12.9 Å². The summed E-state index contributed by atoms with van der Waals surface area (Å²) in [7, 11) is 1.74. The zero-order valence-corrected chi connectivity index (χ0v) is 12.3. The highest BCUT2D eigenvalue weighted by Gasteiger charge is 2.37. The van der Waals surface area contributed by atoms with Crippen LogP contribution in [0.3, 0.4) is 0 Å². The van der Waals surface area contributed by atoms with Crippen LogP contribution in [0.2, 0.25) is 0 Å². The van der Waals surface area contributed by atoms with Gasteiger partial charge in [0.25, 0.3) is 0 Å². The zero-order valence-electron chi connectivity index (χ0n) is 11.5. The first-order chi connectivity index (χ1) is 9.70. The lowest BCUT2D eigenvalue weighted by Gasteiger charge is -2.22. The first kappa shape index (κ1) is 13.9. The van der Waals surface area contributed by atoms with Crippen molar-refractivity contribution >= 4 is 17.7 Å². The highest BCUT2D eigenvalue weighted by atomic mass is 32.2. The number of thioether (sulfide) groups is 1. The summed E-state index contributed by atoms with van der Waals surface area (Å²) in [6.45, 7) is 0. The summed E-state index contributed by atoms with van der Waals surface area (Å²) in [6, 6.07) is 0.252. The van der Waals surface area contributed by atoms with E-state index in [1.54, 1.807) is 7.11 Å². The zero-order chi connectivity index (χ0) is 14.1. The van der Waals surface area contributed by atoms with Gasteiger partial charge in [-0.25, -0.2) is 0 Å². The maximum atomic E-state index is 10.8. The molecule has 3 rings (SSSR count). The van der Waals surface area contributed by atoms with Crippen LogP contribution in [0.5, 0.6) is 0 Å². The van der Waals surface area contributed by atoms with Gasteiger partial charge in [-0.05, 0) is 32.1 Å². The molecule has 2 unspecified atom stereocenters. The number of aromatic nitrogens is 3. The molecule has 1 aromatic rings. The Morgan fingerprint density at radius 3 is 2.85 bits per heavy atom. The molecule has 0 amide bonds. The van der Waals surface area contributed by atoms with E-state index in [2.05, 4.69) is 14.8 Å². The lowest BCUT2D eigenvalue weighted by atomic mass is 10.2. The van der Waals surface area contributed by atoms with Crippen molar-refractivity contribution in [3.8, 4) is 0 Å². The Bertz CT molecular complexity index is 501. The number of methoxy groups -OCH3 is 1. The molecule has 1 heterocycles. The monoisotopic (exact) mass is 297 g/mol. The smallest absolute Gasteiger partial charge is 0.313 e. The van der Waals surface area contributed by atoms with E-state index in [0.717, 1.165) is 43.1 Å². The molecule has 0 aromatic carbocycles. The predicted molar refractivity (Wildman–Crippen MR) is 74.0 cm³/mol. The molecule has 2 aliphatic carbocycles. The van der Waals surface area contributed by atoms with Crippen LogP contribution >= 0.6 is 11.8 Å². The Morgan fingerprint density at radius 2 is 2.20 bits per heavy atom. The van der Waals surface area contributed by atoms with Crippen molar-refractivity contribution in [3.63, 3.8) is 0 Å². The van der Waals surface area contributed by atoms with Crippen LogP contribution in [0, 0.1) is 0 Å². The van der Waals surface area contributed by atoms with E-state index in [4.69, 9.17) is 9.84 Å². The fraction of sp³-hybridized carbons (Fsp3) is 0.769. The van der Waals surface area contributed by atoms with Crippen molar-refractivity contribution in [2.24, 2.45) is 0 Å². The van der Waals surface area contributed by atoms with E-state index >= 15 is 0 Å². The first-order valence-corrected chi connectivity index (χ1v) is 8.01. The van der Waals surface area contributed by atoms with Gasteiger partial charge in [-0.2, -0.15) is 0 Å². The minimum absolute atomic E-state index is 0.0210. The number of carboxylic acid groups (broad SMARTS) is 1. The van der Waals surface area contributed by atoms with Crippen LogP contribution in [0.1, 0.15) is 49.9 Å². The number of carbonyl (C=O) groups is 1. The van der Waals surface area contributed by atoms with E-state index in [9.17, 15) is 4.79 Å². The number of carboxylic acids is 1. The van der Waals surface area contributed by atoms with Crippen molar-refractivity contribution in [1.82, 2.24) is 14.8 Å². The van der Waals surface area contributed by atoms with E-state index in [1.165, 1.54) is 11.8 Å². The molecular weight excluding hydrogens is 278 g/mol. The molecule has 0 spiro atoms. The van der Waals surface area contributed by atoms with Gasteiger partial charge in [0.1, 0.15) is 5.82 Å². The Kier molecular flexibility index (Phi) is 3.98. The maximum Gasteiger partial charge on any atom is 0.313 e. The molecule has 2 atom stereocenters. The Morgan fingerprint density at radius 1 is 1.40 bits per heavy atom. The van der Waals surface area contributed by atoms with Gasteiger partial charge >= 0.3 is 5.97 Å². The van der Waals surface area contributed by atoms with E-state index in [-0.39, 0.29) is 17.9 Å². The molecule has 7 heteroatoms. The topological polar surface area (TPSA) is 77.2 Å². The van der Waals surface area contributed by atoms with Crippen molar-refractivity contribution in [1.29, 1.82) is 0 Å². The van der Waals surface area contributed by atoms with Crippen LogP contribution in [0.15, 0.2) is 5.16 Å². The van der Waals surface area contributed by atoms with Gasteiger partial charge in [-0.3, -0.25) is 4.79 Å².